The van der Waals surface area contributed by atoms with E-state index in [2.05, 4.69) is 15.0 Å². The van der Waals surface area contributed by atoms with Gasteiger partial charge in [0, 0.05) is 17.3 Å². The second kappa shape index (κ2) is 5.92. The molecule has 132 valence electrons. The van der Waals surface area contributed by atoms with Crippen molar-refractivity contribution in [3.8, 4) is 11.5 Å². The second-order valence-electron chi connectivity index (χ2n) is 5.72. The molecule has 0 saturated carbocycles. The molecule has 25 heavy (non-hydrogen) atoms. The Kier molecular flexibility index (Phi) is 4.03. The highest BCUT2D eigenvalue weighted by Gasteiger charge is 2.23. The van der Waals surface area contributed by atoms with Gasteiger partial charge in [-0.1, -0.05) is 0 Å². The number of nitrogens with one attached hydrogen (secondary N) is 2. The number of pyridine rings is 1. The van der Waals surface area contributed by atoms with Gasteiger partial charge in [-0.25, -0.2) is 13.4 Å². The number of hydrogen-bond donors (Lipinski definition) is 3. The van der Waals surface area contributed by atoms with Crippen molar-refractivity contribution in [3.63, 3.8) is 0 Å². The summed E-state index contributed by atoms with van der Waals surface area (Å²) in [7, 11) is -2.41. The molecule has 3 N–H and O–H groups in total. The maximum absolute atomic E-state index is 12.7. The van der Waals surface area contributed by atoms with Crippen molar-refractivity contribution >= 4 is 20.9 Å². The van der Waals surface area contributed by atoms with E-state index in [0.717, 1.165) is 0 Å². The Bertz CT molecular complexity index is 1130. The van der Waals surface area contributed by atoms with Crippen molar-refractivity contribution in [1.29, 1.82) is 0 Å². The molecule has 3 aromatic rings. The van der Waals surface area contributed by atoms with E-state index in [0.29, 0.717) is 27.9 Å². The van der Waals surface area contributed by atoms with Gasteiger partial charge in [-0.3, -0.25) is 4.79 Å². The monoisotopic (exact) mass is 363 g/mol. The molecule has 0 amide bonds. The lowest BCUT2D eigenvalue weighted by molar-refractivity contribution is 0.406. The Morgan fingerprint density at radius 1 is 1.20 bits per heavy atom. The summed E-state index contributed by atoms with van der Waals surface area (Å²) in [5, 5.41) is 9.25. The Morgan fingerprint density at radius 3 is 2.60 bits per heavy atom. The van der Waals surface area contributed by atoms with Crippen LogP contribution in [0.15, 0.2) is 28.2 Å². The summed E-state index contributed by atoms with van der Waals surface area (Å²) in [4.78, 5) is 21.3. The molecule has 2 aromatic heterocycles. The number of imidazole rings is 1. The van der Waals surface area contributed by atoms with Crippen LogP contribution in [0, 0.1) is 13.8 Å². The van der Waals surface area contributed by atoms with Crippen LogP contribution in [-0.4, -0.2) is 35.6 Å². The third kappa shape index (κ3) is 2.98. The van der Waals surface area contributed by atoms with E-state index in [-0.39, 0.29) is 16.6 Å². The zero-order valence-electron chi connectivity index (χ0n) is 13.9. The van der Waals surface area contributed by atoms with Gasteiger partial charge in [-0.05, 0) is 26.0 Å². The van der Waals surface area contributed by atoms with Crippen LogP contribution in [0.1, 0.15) is 16.8 Å². The Balaban J connectivity index is 2.07. The fraction of sp³-hybridized carbons (Fsp3) is 0.250. The van der Waals surface area contributed by atoms with E-state index in [1.807, 2.05) is 0 Å². The fourth-order valence-corrected chi connectivity index (χ4v) is 3.98. The minimum atomic E-state index is -3.84. The molecule has 0 unspecified atom stereocenters. The lowest BCUT2D eigenvalue weighted by Gasteiger charge is -2.12. The molecule has 0 fully saturated rings. The lowest BCUT2D eigenvalue weighted by Crippen LogP contribution is -2.18. The highest BCUT2D eigenvalue weighted by atomic mass is 32.2. The molecule has 0 spiro atoms. The minimum absolute atomic E-state index is 0.00328. The second-order valence-corrected chi connectivity index (χ2v) is 7.62. The highest BCUT2D eigenvalue weighted by molar-refractivity contribution is 7.90. The normalized spacial score (nSPS) is 11.8. The number of phenolic OH excluding ortho intramolecular Hbond substituents is 1. The Morgan fingerprint density at radius 2 is 1.92 bits per heavy atom. The SMILES string of the molecule is COc1c(C)c(CS(=O)(=O)c2nc3ccc(O)cc3[nH]2)[nH]c(=O)c1C. The van der Waals surface area contributed by atoms with E-state index in [4.69, 9.17) is 4.74 Å². The number of ether oxygens (including phenoxy) is 1. The molecule has 0 saturated heterocycles. The summed E-state index contributed by atoms with van der Waals surface area (Å²) < 4.78 is 30.6. The Labute approximate surface area is 143 Å². The van der Waals surface area contributed by atoms with Crippen LogP contribution in [0.5, 0.6) is 11.5 Å². The number of aromatic amines is 2. The van der Waals surface area contributed by atoms with Gasteiger partial charge in [0.1, 0.15) is 11.5 Å². The molecular formula is C16H17N3O5S. The van der Waals surface area contributed by atoms with Crippen LogP contribution in [0.25, 0.3) is 11.0 Å². The number of aromatic hydroxyl groups is 1. The van der Waals surface area contributed by atoms with Crippen molar-refractivity contribution < 1.29 is 18.3 Å². The van der Waals surface area contributed by atoms with Crippen molar-refractivity contribution in [2.45, 2.75) is 24.8 Å². The van der Waals surface area contributed by atoms with E-state index in [9.17, 15) is 18.3 Å². The maximum atomic E-state index is 12.7. The zero-order chi connectivity index (χ0) is 18.4. The van der Waals surface area contributed by atoms with Gasteiger partial charge in [0.05, 0.1) is 29.5 Å². The summed E-state index contributed by atoms with van der Waals surface area (Å²) in [6.45, 7) is 3.29. The van der Waals surface area contributed by atoms with Gasteiger partial charge in [-0.15, -0.1) is 0 Å². The van der Waals surface area contributed by atoms with E-state index < -0.39 is 21.1 Å². The van der Waals surface area contributed by atoms with Crippen LogP contribution in [0.4, 0.5) is 0 Å². The fourth-order valence-electron chi connectivity index (χ4n) is 2.68. The predicted molar refractivity (Wildman–Crippen MR) is 91.7 cm³/mol. The summed E-state index contributed by atoms with van der Waals surface area (Å²) in [5.41, 5.74) is 1.61. The maximum Gasteiger partial charge on any atom is 0.254 e. The van der Waals surface area contributed by atoms with Crippen LogP contribution < -0.4 is 10.3 Å². The van der Waals surface area contributed by atoms with Crippen molar-refractivity contribution in [2.75, 3.05) is 7.11 Å². The molecule has 0 atom stereocenters. The van der Waals surface area contributed by atoms with Gasteiger partial charge in [-0.2, -0.15) is 0 Å². The third-order valence-corrected chi connectivity index (χ3v) is 5.47. The average Bonchev–Trinajstić information content (AvgIpc) is 2.97. The number of phenols is 1. The minimum Gasteiger partial charge on any atom is -0.508 e. The topological polar surface area (TPSA) is 125 Å². The number of hydrogen-bond acceptors (Lipinski definition) is 6. The lowest BCUT2D eigenvalue weighted by atomic mass is 10.1. The molecule has 2 heterocycles. The van der Waals surface area contributed by atoms with E-state index in [1.54, 1.807) is 13.8 Å². The van der Waals surface area contributed by atoms with E-state index >= 15 is 0 Å². The highest BCUT2D eigenvalue weighted by Crippen LogP contribution is 2.25. The third-order valence-electron chi connectivity index (χ3n) is 4.02. The Hall–Kier alpha value is -2.81. The molecule has 0 radical (unpaired) electrons. The molecule has 1 aromatic carbocycles. The van der Waals surface area contributed by atoms with Crippen molar-refractivity contribution in [1.82, 2.24) is 15.0 Å². The molecule has 0 aliphatic heterocycles. The number of methoxy groups -OCH3 is 1. The first kappa shape index (κ1) is 17.0. The first-order valence-corrected chi connectivity index (χ1v) is 9.06. The van der Waals surface area contributed by atoms with Gasteiger partial charge >= 0.3 is 0 Å². The van der Waals surface area contributed by atoms with E-state index in [1.165, 1.54) is 25.3 Å². The number of aromatic nitrogens is 3. The summed E-state index contributed by atoms with van der Waals surface area (Å²) >= 11 is 0. The van der Waals surface area contributed by atoms with Crippen LogP contribution in [-0.2, 0) is 15.6 Å². The largest absolute Gasteiger partial charge is 0.508 e. The molecule has 0 aliphatic rings. The van der Waals surface area contributed by atoms with Crippen molar-refractivity contribution in [2.24, 2.45) is 0 Å². The standard InChI is InChI=1S/C16H17N3O5S/c1-8-13(17-15(21)9(2)14(8)24-3)7-25(22,23)16-18-11-5-4-10(20)6-12(11)19-16/h4-6,20H,7H2,1-3H3,(H,17,21)(H,18,19). The van der Waals surface area contributed by atoms with Crippen LogP contribution in [0.3, 0.4) is 0 Å². The number of H-pyrrole nitrogens is 2. The van der Waals surface area contributed by atoms with Gasteiger partial charge < -0.3 is 19.8 Å². The van der Waals surface area contributed by atoms with Gasteiger partial charge in [0.15, 0.2) is 0 Å². The molecule has 9 heteroatoms. The molecule has 0 aliphatic carbocycles. The first-order chi connectivity index (χ1) is 11.7. The molecular weight excluding hydrogens is 346 g/mol. The van der Waals surface area contributed by atoms with Crippen molar-refractivity contribution in [3.05, 3.63) is 45.4 Å². The number of nitrogens with zero attached hydrogens (tertiary/aromatic N) is 1. The summed E-state index contributed by atoms with van der Waals surface area (Å²) in [6, 6.07) is 4.33. The number of sulfone groups is 1. The number of rotatable bonds is 4. The average molecular weight is 363 g/mol. The summed E-state index contributed by atoms with van der Waals surface area (Å²) in [5.74, 6) is -0.0664. The molecule has 3 rings (SSSR count). The van der Waals surface area contributed by atoms with Crippen LogP contribution >= 0.6 is 0 Å². The quantitative estimate of drug-likeness (QED) is 0.646. The van der Waals surface area contributed by atoms with Gasteiger partial charge in [0.2, 0.25) is 15.0 Å². The smallest absolute Gasteiger partial charge is 0.254 e. The molecule has 8 nitrogen and oxygen atoms in total. The summed E-state index contributed by atoms with van der Waals surface area (Å²) in [6.07, 6.45) is 0. The van der Waals surface area contributed by atoms with Crippen LogP contribution in [0.2, 0.25) is 0 Å². The number of fused-ring (bicyclic) bond motifs is 1. The van der Waals surface area contributed by atoms with Gasteiger partial charge in [0.25, 0.3) is 5.56 Å². The first-order valence-electron chi connectivity index (χ1n) is 7.41. The zero-order valence-corrected chi connectivity index (χ0v) is 14.7. The molecule has 0 bridgehead atoms. The number of benzene rings is 1. The predicted octanol–water partition coefficient (Wildman–Crippen LogP) is 1.56.